The van der Waals surface area contributed by atoms with E-state index in [2.05, 4.69) is 0 Å². The molecule has 1 heterocycles. The second-order valence-electron chi connectivity index (χ2n) is 6.52. The molecule has 26 heavy (non-hydrogen) atoms. The van der Waals surface area contributed by atoms with E-state index in [1.807, 2.05) is 24.3 Å². The highest BCUT2D eigenvalue weighted by Crippen LogP contribution is 2.13. The highest BCUT2D eigenvalue weighted by molar-refractivity contribution is 7.90. The molecule has 2 rings (SSSR count). The van der Waals surface area contributed by atoms with Crippen molar-refractivity contribution in [2.45, 2.75) is 19.3 Å². The van der Waals surface area contributed by atoms with Crippen LogP contribution >= 0.6 is 0 Å². The van der Waals surface area contributed by atoms with Crippen molar-refractivity contribution < 1.29 is 22.7 Å². The van der Waals surface area contributed by atoms with E-state index in [1.54, 1.807) is 16.9 Å². The standard InChI is InChI=1S/C18H26N2O5S/c1-25-16-6-4-15(5-7-16)14-18(22)20-10-3-9-19(11-12-20)17(21)8-13-26(2,23)24/h4-7H,3,8-14H2,1-2H3. The lowest BCUT2D eigenvalue weighted by Crippen LogP contribution is -2.38. The van der Waals surface area contributed by atoms with Crippen molar-refractivity contribution in [1.29, 1.82) is 0 Å². The normalized spacial score (nSPS) is 15.5. The van der Waals surface area contributed by atoms with Crippen LogP contribution in [0.5, 0.6) is 5.75 Å². The van der Waals surface area contributed by atoms with Crippen LogP contribution < -0.4 is 4.74 Å². The second kappa shape index (κ2) is 9.02. The number of ether oxygens (including phenoxy) is 1. The number of amides is 2. The molecule has 1 fully saturated rings. The number of rotatable bonds is 6. The summed E-state index contributed by atoms with van der Waals surface area (Å²) < 4.78 is 27.5. The zero-order valence-electron chi connectivity index (χ0n) is 15.3. The summed E-state index contributed by atoms with van der Waals surface area (Å²) in [5.74, 6) is 0.474. The Balaban J connectivity index is 1.86. The highest BCUT2D eigenvalue weighted by atomic mass is 32.2. The lowest BCUT2D eigenvalue weighted by Gasteiger charge is -2.22. The van der Waals surface area contributed by atoms with Gasteiger partial charge < -0.3 is 14.5 Å². The van der Waals surface area contributed by atoms with Crippen molar-refractivity contribution in [2.24, 2.45) is 0 Å². The first-order valence-electron chi connectivity index (χ1n) is 8.65. The summed E-state index contributed by atoms with van der Waals surface area (Å²) in [5.41, 5.74) is 0.918. The number of carbonyl (C=O) groups is 2. The molecule has 7 nitrogen and oxygen atoms in total. The molecule has 0 bridgehead atoms. The molecule has 0 aliphatic carbocycles. The number of methoxy groups -OCH3 is 1. The van der Waals surface area contributed by atoms with Crippen molar-refractivity contribution in [3.8, 4) is 5.75 Å². The van der Waals surface area contributed by atoms with E-state index < -0.39 is 9.84 Å². The molecular formula is C18H26N2O5S. The zero-order chi connectivity index (χ0) is 19.2. The summed E-state index contributed by atoms with van der Waals surface area (Å²) in [4.78, 5) is 28.1. The molecule has 0 N–H and O–H groups in total. The Morgan fingerprint density at radius 2 is 1.58 bits per heavy atom. The molecule has 0 atom stereocenters. The molecule has 8 heteroatoms. The van der Waals surface area contributed by atoms with Gasteiger partial charge in [-0.2, -0.15) is 0 Å². The van der Waals surface area contributed by atoms with E-state index in [0.29, 0.717) is 39.0 Å². The molecule has 1 aliphatic heterocycles. The Morgan fingerprint density at radius 3 is 2.12 bits per heavy atom. The van der Waals surface area contributed by atoms with Gasteiger partial charge in [0, 0.05) is 38.9 Å². The number of sulfone groups is 1. The van der Waals surface area contributed by atoms with Gasteiger partial charge in [-0.3, -0.25) is 9.59 Å². The lowest BCUT2D eigenvalue weighted by molar-refractivity contribution is -0.133. The summed E-state index contributed by atoms with van der Waals surface area (Å²) in [5, 5.41) is 0. The molecule has 0 spiro atoms. The maximum absolute atomic E-state index is 12.5. The molecule has 1 aromatic carbocycles. The van der Waals surface area contributed by atoms with Gasteiger partial charge in [-0.1, -0.05) is 12.1 Å². The van der Waals surface area contributed by atoms with Crippen molar-refractivity contribution >= 4 is 21.7 Å². The summed E-state index contributed by atoms with van der Waals surface area (Å²) >= 11 is 0. The van der Waals surface area contributed by atoms with E-state index in [4.69, 9.17) is 4.74 Å². The second-order valence-corrected chi connectivity index (χ2v) is 8.78. The fourth-order valence-electron chi connectivity index (χ4n) is 2.88. The quantitative estimate of drug-likeness (QED) is 0.724. The number of hydrogen-bond acceptors (Lipinski definition) is 5. The predicted molar refractivity (Wildman–Crippen MR) is 98.8 cm³/mol. The third kappa shape index (κ3) is 6.33. The topological polar surface area (TPSA) is 84.0 Å². The van der Waals surface area contributed by atoms with Crippen LogP contribution in [0, 0.1) is 0 Å². The van der Waals surface area contributed by atoms with Crippen LogP contribution in [-0.2, 0) is 25.8 Å². The van der Waals surface area contributed by atoms with Crippen LogP contribution in [0.3, 0.4) is 0 Å². The fourth-order valence-corrected chi connectivity index (χ4v) is 3.42. The number of carbonyl (C=O) groups excluding carboxylic acids is 2. The van der Waals surface area contributed by atoms with E-state index >= 15 is 0 Å². The van der Waals surface area contributed by atoms with Gasteiger partial charge in [0.15, 0.2) is 0 Å². The Hall–Kier alpha value is -2.09. The van der Waals surface area contributed by atoms with Gasteiger partial charge >= 0.3 is 0 Å². The number of hydrogen-bond donors (Lipinski definition) is 0. The Labute approximate surface area is 154 Å². The number of nitrogens with zero attached hydrogens (tertiary/aromatic N) is 2. The van der Waals surface area contributed by atoms with Crippen LogP contribution in [0.15, 0.2) is 24.3 Å². The third-order valence-corrected chi connectivity index (χ3v) is 5.35. The van der Waals surface area contributed by atoms with Gasteiger partial charge in [-0.15, -0.1) is 0 Å². The summed E-state index contributed by atoms with van der Waals surface area (Å²) in [6.07, 6.45) is 2.13. The Morgan fingerprint density at radius 1 is 1.00 bits per heavy atom. The molecule has 1 saturated heterocycles. The first kappa shape index (κ1) is 20.2. The molecule has 1 aliphatic rings. The maximum Gasteiger partial charge on any atom is 0.227 e. The summed E-state index contributed by atoms with van der Waals surface area (Å²) in [6, 6.07) is 7.39. The smallest absolute Gasteiger partial charge is 0.227 e. The van der Waals surface area contributed by atoms with Crippen LogP contribution in [0.1, 0.15) is 18.4 Å². The lowest BCUT2D eigenvalue weighted by atomic mass is 10.1. The molecule has 0 unspecified atom stereocenters. The molecular weight excluding hydrogens is 356 g/mol. The molecule has 0 aromatic heterocycles. The minimum atomic E-state index is -3.15. The fraction of sp³-hybridized carbons (Fsp3) is 0.556. The Bertz CT molecular complexity index is 730. The van der Waals surface area contributed by atoms with E-state index in [-0.39, 0.29) is 24.0 Å². The van der Waals surface area contributed by atoms with Crippen LogP contribution in [0.2, 0.25) is 0 Å². The van der Waals surface area contributed by atoms with Gasteiger partial charge in [0.2, 0.25) is 11.8 Å². The van der Waals surface area contributed by atoms with E-state index in [1.165, 1.54) is 0 Å². The molecule has 144 valence electrons. The van der Waals surface area contributed by atoms with E-state index in [9.17, 15) is 18.0 Å². The van der Waals surface area contributed by atoms with Crippen molar-refractivity contribution in [2.75, 3.05) is 45.3 Å². The van der Waals surface area contributed by atoms with Gasteiger partial charge in [-0.05, 0) is 24.1 Å². The third-order valence-electron chi connectivity index (χ3n) is 4.40. The van der Waals surface area contributed by atoms with Gasteiger partial charge in [0.05, 0.1) is 19.3 Å². The monoisotopic (exact) mass is 382 g/mol. The minimum absolute atomic E-state index is 0.00136. The first-order chi connectivity index (χ1) is 12.3. The summed E-state index contributed by atoms with van der Waals surface area (Å²) in [6.45, 7) is 2.07. The average Bonchev–Trinajstić information content (AvgIpc) is 2.86. The predicted octanol–water partition coefficient (Wildman–Crippen LogP) is 0.733. The summed E-state index contributed by atoms with van der Waals surface area (Å²) in [7, 11) is -1.55. The van der Waals surface area contributed by atoms with Crippen LogP contribution in [0.4, 0.5) is 0 Å². The van der Waals surface area contributed by atoms with Gasteiger partial charge in [-0.25, -0.2) is 8.42 Å². The highest BCUT2D eigenvalue weighted by Gasteiger charge is 2.22. The zero-order valence-corrected chi connectivity index (χ0v) is 16.1. The molecule has 0 radical (unpaired) electrons. The molecule has 1 aromatic rings. The van der Waals surface area contributed by atoms with Gasteiger partial charge in [0.1, 0.15) is 15.6 Å². The minimum Gasteiger partial charge on any atom is -0.497 e. The van der Waals surface area contributed by atoms with Crippen LogP contribution in [0.25, 0.3) is 0 Å². The molecule has 2 amide bonds. The van der Waals surface area contributed by atoms with Gasteiger partial charge in [0.25, 0.3) is 0 Å². The first-order valence-corrected chi connectivity index (χ1v) is 10.7. The average molecular weight is 382 g/mol. The number of benzene rings is 1. The maximum atomic E-state index is 12.5. The van der Waals surface area contributed by atoms with Crippen molar-refractivity contribution in [1.82, 2.24) is 9.80 Å². The molecule has 0 saturated carbocycles. The largest absolute Gasteiger partial charge is 0.497 e. The SMILES string of the molecule is COc1ccc(CC(=O)N2CCCN(C(=O)CCS(C)(=O)=O)CC2)cc1. The van der Waals surface area contributed by atoms with Crippen molar-refractivity contribution in [3.05, 3.63) is 29.8 Å². The van der Waals surface area contributed by atoms with Crippen molar-refractivity contribution in [3.63, 3.8) is 0 Å². The Kier molecular flexibility index (Phi) is 7.02. The van der Waals surface area contributed by atoms with E-state index in [0.717, 1.165) is 17.6 Å². The van der Waals surface area contributed by atoms with Crippen LogP contribution in [-0.4, -0.2) is 75.3 Å².